The number of hydrogen-bond acceptors (Lipinski definition) is 1. The third kappa shape index (κ3) is 2.63. The Morgan fingerprint density at radius 1 is 1.40 bits per heavy atom. The average molecular weight is 206 g/mol. The summed E-state index contributed by atoms with van der Waals surface area (Å²) in [5.74, 6) is 0. The van der Waals surface area contributed by atoms with Gasteiger partial charge in [0.05, 0.1) is 0 Å². The van der Waals surface area contributed by atoms with E-state index in [9.17, 15) is 0 Å². The molecule has 1 aliphatic carbocycles. The van der Waals surface area contributed by atoms with Gasteiger partial charge >= 0.3 is 0 Å². The van der Waals surface area contributed by atoms with Gasteiger partial charge in [-0.3, -0.25) is 0 Å². The van der Waals surface area contributed by atoms with Gasteiger partial charge in [-0.05, 0) is 57.7 Å². The molecule has 0 saturated heterocycles. The van der Waals surface area contributed by atoms with Crippen LogP contribution < -0.4 is 5.32 Å². The Morgan fingerprint density at radius 3 is 2.67 bits per heavy atom. The third-order valence-corrected chi connectivity index (χ3v) is 3.51. The molecule has 2 rings (SSSR count). The largest absolute Gasteiger partial charge is 0.352 e. The van der Waals surface area contributed by atoms with E-state index in [1.165, 1.54) is 49.2 Å². The summed E-state index contributed by atoms with van der Waals surface area (Å²) in [7, 11) is 2.15. The molecule has 0 aromatic carbocycles. The van der Waals surface area contributed by atoms with E-state index in [-0.39, 0.29) is 0 Å². The molecule has 0 aliphatic heterocycles. The summed E-state index contributed by atoms with van der Waals surface area (Å²) in [4.78, 5) is 0. The lowest BCUT2D eigenvalue weighted by Gasteiger charge is -2.03. The van der Waals surface area contributed by atoms with E-state index < -0.39 is 0 Å². The van der Waals surface area contributed by atoms with Gasteiger partial charge in [-0.1, -0.05) is 0 Å². The van der Waals surface area contributed by atoms with Crippen molar-refractivity contribution in [2.45, 2.75) is 45.6 Å². The molecule has 15 heavy (non-hydrogen) atoms. The van der Waals surface area contributed by atoms with Crippen LogP contribution in [0, 0.1) is 13.8 Å². The number of nitrogens with zero attached hydrogens (tertiary/aromatic N) is 1. The van der Waals surface area contributed by atoms with E-state index in [4.69, 9.17) is 0 Å². The molecule has 1 aromatic rings. The van der Waals surface area contributed by atoms with Crippen molar-refractivity contribution in [1.82, 2.24) is 9.88 Å². The molecule has 1 aliphatic rings. The Labute approximate surface area is 92.7 Å². The lowest BCUT2D eigenvalue weighted by Crippen LogP contribution is -2.17. The highest BCUT2D eigenvalue weighted by atomic mass is 15.0. The smallest absolute Gasteiger partial charge is 0.0175 e. The Morgan fingerprint density at radius 2 is 2.13 bits per heavy atom. The molecule has 0 radical (unpaired) electrons. The first-order valence-electron chi connectivity index (χ1n) is 6.03. The van der Waals surface area contributed by atoms with E-state index in [0.717, 1.165) is 6.04 Å². The molecule has 1 fully saturated rings. The fourth-order valence-electron chi connectivity index (χ4n) is 2.06. The van der Waals surface area contributed by atoms with Crippen LogP contribution in [0.1, 0.15) is 36.2 Å². The minimum Gasteiger partial charge on any atom is -0.352 e. The van der Waals surface area contributed by atoms with Gasteiger partial charge < -0.3 is 9.88 Å². The Balaban J connectivity index is 1.79. The average Bonchev–Trinajstić information content (AvgIpc) is 3.00. The second kappa shape index (κ2) is 4.40. The van der Waals surface area contributed by atoms with Gasteiger partial charge in [0.2, 0.25) is 0 Å². The molecule has 84 valence electrons. The Bertz CT molecular complexity index is 335. The summed E-state index contributed by atoms with van der Waals surface area (Å²) < 4.78 is 2.28. The standard InChI is InChI=1S/C13H22N2/c1-10-9-12(11(2)15(10)3)5-4-8-14-13-6-7-13/h9,13-14H,4-8H2,1-3H3. The molecule has 0 unspecified atom stereocenters. The summed E-state index contributed by atoms with van der Waals surface area (Å²) >= 11 is 0. The van der Waals surface area contributed by atoms with Crippen molar-refractivity contribution in [3.8, 4) is 0 Å². The van der Waals surface area contributed by atoms with Crippen molar-refractivity contribution in [3.05, 3.63) is 23.0 Å². The van der Waals surface area contributed by atoms with Crippen molar-refractivity contribution >= 4 is 0 Å². The fraction of sp³-hybridized carbons (Fsp3) is 0.692. The summed E-state index contributed by atoms with van der Waals surface area (Å²) in [6.07, 6.45) is 5.26. The summed E-state index contributed by atoms with van der Waals surface area (Å²) in [6.45, 7) is 5.58. The van der Waals surface area contributed by atoms with E-state index >= 15 is 0 Å². The van der Waals surface area contributed by atoms with Crippen molar-refractivity contribution in [2.75, 3.05) is 6.54 Å². The maximum Gasteiger partial charge on any atom is 0.0175 e. The zero-order chi connectivity index (χ0) is 10.8. The first-order chi connectivity index (χ1) is 7.18. The van der Waals surface area contributed by atoms with Crippen LogP contribution >= 0.6 is 0 Å². The Hall–Kier alpha value is -0.760. The third-order valence-electron chi connectivity index (χ3n) is 3.51. The summed E-state index contributed by atoms with van der Waals surface area (Å²) in [5, 5.41) is 3.56. The first kappa shape index (κ1) is 10.7. The van der Waals surface area contributed by atoms with Gasteiger partial charge in [0, 0.05) is 24.5 Å². The molecule has 0 atom stereocenters. The summed E-state index contributed by atoms with van der Waals surface area (Å²) in [6, 6.07) is 3.18. The molecule has 2 heteroatoms. The maximum absolute atomic E-state index is 3.56. The van der Waals surface area contributed by atoms with Gasteiger partial charge in [-0.25, -0.2) is 0 Å². The molecule has 0 spiro atoms. The Kier molecular flexibility index (Phi) is 3.15. The molecule has 2 nitrogen and oxygen atoms in total. The monoisotopic (exact) mass is 206 g/mol. The second-order valence-electron chi connectivity index (χ2n) is 4.79. The minimum absolute atomic E-state index is 0.851. The van der Waals surface area contributed by atoms with E-state index in [0.29, 0.717) is 0 Å². The zero-order valence-electron chi connectivity index (χ0n) is 10.1. The zero-order valence-corrected chi connectivity index (χ0v) is 10.1. The molecule has 0 amide bonds. The lowest BCUT2D eigenvalue weighted by molar-refractivity contribution is 0.644. The highest BCUT2D eigenvalue weighted by Gasteiger charge is 2.19. The van der Waals surface area contributed by atoms with Gasteiger partial charge in [-0.15, -0.1) is 0 Å². The summed E-state index contributed by atoms with van der Waals surface area (Å²) in [5.41, 5.74) is 4.32. The topological polar surface area (TPSA) is 17.0 Å². The van der Waals surface area contributed by atoms with E-state index in [2.05, 4.69) is 36.8 Å². The molecule has 0 bridgehead atoms. The van der Waals surface area contributed by atoms with Gasteiger partial charge in [-0.2, -0.15) is 0 Å². The molecule has 1 aromatic heterocycles. The van der Waals surface area contributed by atoms with Crippen LogP contribution in [0.2, 0.25) is 0 Å². The van der Waals surface area contributed by atoms with Crippen LogP contribution in [0.5, 0.6) is 0 Å². The van der Waals surface area contributed by atoms with Gasteiger partial charge in [0.25, 0.3) is 0 Å². The van der Waals surface area contributed by atoms with Crippen LogP contribution in [-0.2, 0) is 13.5 Å². The number of aryl methyl sites for hydroxylation is 2. The maximum atomic E-state index is 3.56. The minimum atomic E-state index is 0.851. The van der Waals surface area contributed by atoms with Crippen LogP contribution in [-0.4, -0.2) is 17.2 Å². The quantitative estimate of drug-likeness (QED) is 0.732. The van der Waals surface area contributed by atoms with Crippen LogP contribution in [0.25, 0.3) is 0 Å². The van der Waals surface area contributed by atoms with Crippen molar-refractivity contribution in [3.63, 3.8) is 0 Å². The number of aromatic nitrogens is 1. The van der Waals surface area contributed by atoms with Gasteiger partial charge in [0.15, 0.2) is 0 Å². The molecular formula is C13H22N2. The van der Waals surface area contributed by atoms with Crippen LogP contribution in [0.3, 0.4) is 0 Å². The molecular weight excluding hydrogens is 184 g/mol. The predicted octanol–water partition coefficient (Wildman–Crippen LogP) is 2.33. The lowest BCUT2D eigenvalue weighted by atomic mass is 10.1. The number of nitrogens with one attached hydrogen (secondary N) is 1. The molecule has 1 heterocycles. The highest BCUT2D eigenvalue weighted by molar-refractivity contribution is 5.26. The van der Waals surface area contributed by atoms with Crippen LogP contribution in [0.4, 0.5) is 0 Å². The van der Waals surface area contributed by atoms with Crippen LogP contribution in [0.15, 0.2) is 6.07 Å². The first-order valence-corrected chi connectivity index (χ1v) is 6.03. The molecule has 1 saturated carbocycles. The fourth-order valence-corrected chi connectivity index (χ4v) is 2.06. The van der Waals surface area contributed by atoms with Crippen molar-refractivity contribution in [1.29, 1.82) is 0 Å². The normalized spacial score (nSPS) is 15.9. The van der Waals surface area contributed by atoms with Gasteiger partial charge in [0.1, 0.15) is 0 Å². The SMILES string of the molecule is Cc1cc(CCCNC2CC2)c(C)n1C. The van der Waals surface area contributed by atoms with E-state index in [1.54, 1.807) is 0 Å². The number of rotatable bonds is 5. The predicted molar refractivity (Wildman–Crippen MR) is 64.2 cm³/mol. The second-order valence-corrected chi connectivity index (χ2v) is 4.79. The van der Waals surface area contributed by atoms with Crippen molar-refractivity contribution in [2.24, 2.45) is 7.05 Å². The number of hydrogen-bond donors (Lipinski definition) is 1. The van der Waals surface area contributed by atoms with Crippen molar-refractivity contribution < 1.29 is 0 Å². The molecule has 1 N–H and O–H groups in total. The van der Waals surface area contributed by atoms with E-state index in [1.807, 2.05) is 0 Å². The highest BCUT2D eigenvalue weighted by Crippen LogP contribution is 2.19.